The van der Waals surface area contributed by atoms with E-state index in [0.29, 0.717) is 5.75 Å². The fourth-order valence-electron chi connectivity index (χ4n) is 2.16. The van der Waals surface area contributed by atoms with Gasteiger partial charge in [-0.1, -0.05) is 30.3 Å². The van der Waals surface area contributed by atoms with Gasteiger partial charge >= 0.3 is 0 Å². The van der Waals surface area contributed by atoms with E-state index >= 15 is 0 Å². The summed E-state index contributed by atoms with van der Waals surface area (Å²) in [7, 11) is 1.60. The van der Waals surface area contributed by atoms with Gasteiger partial charge < -0.3 is 16.2 Å². The van der Waals surface area contributed by atoms with E-state index in [1.165, 1.54) is 0 Å². The number of amidine groups is 1. The van der Waals surface area contributed by atoms with E-state index in [2.05, 4.69) is 25.1 Å². The average molecular weight is 310 g/mol. The maximum absolute atomic E-state index is 5.75. The first-order valence-corrected chi connectivity index (χ1v) is 6.71. The predicted molar refractivity (Wildman–Crippen MR) is 87.5 cm³/mol. The second-order valence-electron chi connectivity index (χ2n) is 4.63. The number of methoxy groups -OCH3 is 1. The van der Waals surface area contributed by atoms with Gasteiger partial charge in [-0.25, -0.2) is 4.63 Å². The van der Waals surface area contributed by atoms with Gasteiger partial charge in [0.25, 0.3) is 0 Å². The molecular formula is C15H14N6O2. The minimum atomic E-state index is 0.0132. The van der Waals surface area contributed by atoms with Crippen LogP contribution in [0.2, 0.25) is 0 Å². The molecule has 23 heavy (non-hydrogen) atoms. The Morgan fingerprint density at radius 3 is 2.78 bits per heavy atom. The van der Waals surface area contributed by atoms with Crippen LogP contribution in [-0.4, -0.2) is 29.5 Å². The number of anilines is 1. The quantitative estimate of drug-likeness (QED) is 0.428. The van der Waals surface area contributed by atoms with Gasteiger partial charge in [0.2, 0.25) is 0 Å². The van der Waals surface area contributed by atoms with Gasteiger partial charge in [-0.3, -0.25) is 0 Å². The summed E-state index contributed by atoms with van der Waals surface area (Å²) >= 11 is 0. The minimum Gasteiger partial charge on any atom is -0.496 e. The summed E-state index contributed by atoms with van der Waals surface area (Å²) < 4.78 is 9.84. The minimum absolute atomic E-state index is 0.0132. The normalized spacial score (nSPS) is 12.1. The summed E-state index contributed by atoms with van der Waals surface area (Å²) in [4.78, 5) is 0. The number of nitrogens with two attached hydrogens (primary N) is 2. The number of rotatable bonds is 4. The number of hydrogen-bond donors (Lipinski definition) is 2. The first-order chi connectivity index (χ1) is 11.2. The number of nitrogen functional groups attached to an aromatic ring is 1. The van der Waals surface area contributed by atoms with Crippen molar-refractivity contribution >= 4 is 28.6 Å². The molecule has 4 N–H and O–H groups in total. The van der Waals surface area contributed by atoms with Crippen LogP contribution in [0, 0.1) is 0 Å². The fraction of sp³-hybridized carbons (Fsp3) is 0.0667. The summed E-state index contributed by atoms with van der Waals surface area (Å²) in [5.74, 6) is 0.757. The Hall–Kier alpha value is -3.42. The number of hydrogen-bond acceptors (Lipinski definition) is 7. The molecule has 0 spiro atoms. The molecule has 8 heteroatoms. The summed E-state index contributed by atoms with van der Waals surface area (Å²) in [6, 6.07) is 11.7. The van der Waals surface area contributed by atoms with Crippen molar-refractivity contribution in [3.05, 3.63) is 47.7 Å². The third-order valence-corrected chi connectivity index (χ3v) is 3.26. The van der Waals surface area contributed by atoms with Crippen LogP contribution in [0.3, 0.4) is 0 Å². The molecule has 0 bridgehead atoms. The molecule has 1 heterocycles. The highest BCUT2D eigenvalue weighted by atomic mass is 16.6. The highest BCUT2D eigenvalue weighted by molar-refractivity contribution is 6.03. The molecule has 0 atom stereocenters. The molecule has 0 aliphatic heterocycles. The molecule has 2 aromatic carbocycles. The van der Waals surface area contributed by atoms with Gasteiger partial charge in [0.15, 0.2) is 17.3 Å². The molecule has 3 aromatic rings. The van der Waals surface area contributed by atoms with Crippen molar-refractivity contribution in [2.24, 2.45) is 15.9 Å². The van der Waals surface area contributed by atoms with E-state index in [0.717, 1.165) is 16.3 Å². The Balaban J connectivity index is 1.99. The molecule has 0 saturated carbocycles. The van der Waals surface area contributed by atoms with E-state index in [1.807, 2.05) is 36.4 Å². The summed E-state index contributed by atoms with van der Waals surface area (Å²) in [5, 5.41) is 16.9. The molecule has 0 aliphatic rings. The molecular weight excluding hydrogens is 296 g/mol. The monoisotopic (exact) mass is 310 g/mol. The van der Waals surface area contributed by atoms with Gasteiger partial charge in [0.05, 0.1) is 13.3 Å². The van der Waals surface area contributed by atoms with Gasteiger partial charge in [0.1, 0.15) is 5.75 Å². The van der Waals surface area contributed by atoms with Crippen LogP contribution >= 0.6 is 0 Å². The van der Waals surface area contributed by atoms with E-state index in [-0.39, 0.29) is 17.3 Å². The highest BCUT2D eigenvalue weighted by Gasteiger charge is 2.10. The lowest BCUT2D eigenvalue weighted by molar-refractivity contribution is 0.308. The van der Waals surface area contributed by atoms with Gasteiger partial charge in [-0.15, -0.1) is 5.10 Å². The Labute approximate surface area is 131 Å². The number of ether oxygens (including phenoxy) is 1. The van der Waals surface area contributed by atoms with E-state index in [9.17, 15) is 0 Å². The maximum Gasteiger partial charge on any atom is 0.199 e. The largest absolute Gasteiger partial charge is 0.496 e. The van der Waals surface area contributed by atoms with E-state index in [4.69, 9.17) is 16.2 Å². The van der Waals surface area contributed by atoms with Gasteiger partial charge in [-0.05, 0) is 27.2 Å². The first-order valence-electron chi connectivity index (χ1n) is 6.71. The van der Waals surface area contributed by atoms with Crippen LogP contribution in [-0.2, 0) is 0 Å². The smallest absolute Gasteiger partial charge is 0.199 e. The molecule has 0 unspecified atom stereocenters. The van der Waals surface area contributed by atoms with Crippen LogP contribution < -0.4 is 16.2 Å². The molecule has 0 aliphatic carbocycles. The van der Waals surface area contributed by atoms with Crippen LogP contribution in [0.15, 0.2) is 51.2 Å². The lowest BCUT2D eigenvalue weighted by Crippen LogP contribution is -2.15. The lowest BCUT2D eigenvalue weighted by Gasteiger charge is -2.07. The molecule has 8 nitrogen and oxygen atoms in total. The van der Waals surface area contributed by atoms with Crippen LogP contribution in [0.1, 0.15) is 11.3 Å². The SMILES string of the molecule is COc1ccc2ccccc2c1/C=N/N=C(\N)c1nonc1N. The second-order valence-corrected chi connectivity index (χ2v) is 4.63. The topological polar surface area (TPSA) is 125 Å². The number of fused-ring (bicyclic) bond motifs is 1. The van der Waals surface area contributed by atoms with Crippen molar-refractivity contribution in [1.82, 2.24) is 10.3 Å². The Bertz CT molecular complexity index is 900. The van der Waals surface area contributed by atoms with Crippen molar-refractivity contribution in [3.8, 4) is 5.75 Å². The lowest BCUT2D eigenvalue weighted by atomic mass is 10.0. The van der Waals surface area contributed by atoms with Gasteiger partial charge in [-0.2, -0.15) is 5.10 Å². The molecule has 0 saturated heterocycles. The van der Waals surface area contributed by atoms with Gasteiger partial charge in [0, 0.05) is 5.56 Å². The van der Waals surface area contributed by atoms with E-state index < -0.39 is 0 Å². The summed E-state index contributed by atoms with van der Waals surface area (Å²) in [6.07, 6.45) is 1.57. The Morgan fingerprint density at radius 1 is 1.22 bits per heavy atom. The van der Waals surface area contributed by atoms with Crippen molar-refractivity contribution in [1.29, 1.82) is 0 Å². The van der Waals surface area contributed by atoms with Crippen LogP contribution in [0.25, 0.3) is 10.8 Å². The van der Waals surface area contributed by atoms with Crippen LogP contribution in [0.4, 0.5) is 5.82 Å². The molecule has 3 rings (SSSR count). The van der Waals surface area contributed by atoms with Crippen LogP contribution in [0.5, 0.6) is 5.75 Å². The maximum atomic E-state index is 5.75. The third-order valence-electron chi connectivity index (χ3n) is 3.26. The van der Waals surface area contributed by atoms with Crippen molar-refractivity contribution in [2.75, 3.05) is 12.8 Å². The molecule has 116 valence electrons. The number of nitrogens with zero attached hydrogens (tertiary/aromatic N) is 4. The molecule has 1 aromatic heterocycles. The van der Waals surface area contributed by atoms with Crippen molar-refractivity contribution in [2.45, 2.75) is 0 Å². The zero-order valence-electron chi connectivity index (χ0n) is 12.3. The second kappa shape index (κ2) is 6.14. The standard InChI is InChI=1S/C15H14N6O2/c1-22-12-7-6-9-4-2-3-5-10(9)11(12)8-18-19-14(16)13-15(17)21-23-20-13/h2-8H,1H3,(H2,16,19)(H2,17,21)/b18-8+. The zero-order chi connectivity index (χ0) is 16.2. The fourth-order valence-corrected chi connectivity index (χ4v) is 2.16. The van der Waals surface area contributed by atoms with Crippen molar-refractivity contribution < 1.29 is 9.37 Å². The summed E-state index contributed by atoms with van der Waals surface area (Å²) in [5.41, 5.74) is 12.3. The Morgan fingerprint density at radius 2 is 2.04 bits per heavy atom. The first kappa shape index (κ1) is 14.5. The average Bonchev–Trinajstić information content (AvgIpc) is 3.01. The summed E-state index contributed by atoms with van der Waals surface area (Å²) in [6.45, 7) is 0. The van der Waals surface area contributed by atoms with Crippen molar-refractivity contribution in [3.63, 3.8) is 0 Å². The molecule has 0 radical (unpaired) electrons. The predicted octanol–water partition coefficient (Wildman–Crippen LogP) is 1.55. The highest BCUT2D eigenvalue weighted by Crippen LogP contribution is 2.26. The molecule has 0 amide bonds. The zero-order valence-corrected chi connectivity index (χ0v) is 12.3. The number of benzene rings is 2. The Kier molecular flexibility index (Phi) is 3.88. The number of aromatic nitrogens is 2. The third kappa shape index (κ3) is 2.82. The molecule has 0 fully saturated rings. The van der Waals surface area contributed by atoms with E-state index in [1.54, 1.807) is 13.3 Å².